The van der Waals surface area contributed by atoms with Gasteiger partial charge in [0, 0.05) is 12.1 Å². The van der Waals surface area contributed by atoms with Crippen LogP contribution in [0.3, 0.4) is 0 Å². The number of hydrogen-bond acceptors (Lipinski definition) is 3. The van der Waals surface area contributed by atoms with Crippen LogP contribution in [0.1, 0.15) is 56.3 Å². The van der Waals surface area contributed by atoms with Crippen molar-refractivity contribution < 1.29 is 14.3 Å². The number of benzene rings is 1. The van der Waals surface area contributed by atoms with Crippen LogP contribution in [0.25, 0.3) is 0 Å². The predicted molar refractivity (Wildman–Crippen MR) is 96.0 cm³/mol. The maximum absolute atomic E-state index is 13.3. The number of rotatable bonds is 4. The SMILES string of the molecule is CCCNC(=O)[C@H]1COC2(CCC(C)CC2)N1C(=O)c1ccccc1. The van der Waals surface area contributed by atoms with Crippen LogP contribution in [0.2, 0.25) is 0 Å². The van der Waals surface area contributed by atoms with Crippen molar-refractivity contribution in [2.45, 2.75) is 57.7 Å². The Labute approximate surface area is 149 Å². The van der Waals surface area contributed by atoms with Crippen molar-refractivity contribution >= 4 is 11.8 Å². The Kier molecular flexibility index (Phi) is 5.42. The largest absolute Gasteiger partial charge is 0.354 e. The lowest BCUT2D eigenvalue weighted by Crippen LogP contribution is -2.56. The highest BCUT2D eigenvalue weighted by atomic mass is 16.5. The summed E-state index contributed by atoms with van der Waals surface area (Å²) in [5.41, 5.74) is -0.0208. The average molecular weight is 344 g/mol. The van der Waals surface area contributed by atoms with Gasteiger partial charge in [0.2, 0.25) is 5.91 Å². The lowest BCUT2D eigenvalue weighted by atomic mass is 9.83. The maximum Gasteiger partial charge on any atom is 0.256 e. The van der Waals surface area contributed by atoms with Gasteiger partial charge < -0.3 is 10.1 Å². The molecule has 1 saturated carbocycles. The number of nitrogens with zero attached hydrogens (tertiary/aromatic N) is 1. The zero-order valence-corrected chi connectivity index (χ0v) is 15.2. The molecule has 1 aromatic carbocycles. The van der Waals surface area contributed by atoms with Crippen LogP contribution in [0, 0.1) is 5.92 Å². The minimum Gasteiger partial charge on any atom is -0.354 e. The molecular formula is C20H28N2O3. The molecule has 3 rings (SSSR count). The standard InChI is InChI=1S/C20H28N2O3/c1-3-13-21-18(23)17-14-25-20(11-9-15(2)10-12-20)22(17)19(24)16-7-5-4-6-8-16/h4-8,15,17H,3,9-14H2,1-2H3,(H,21,23)/t15?,17-,20?/m1/s1. The Bertz CT molecular complexity index is 609. The van der Waals surface area contributed by atoms with Crippen molar-refractivity contribution in [3.63, 3.8) is 0 Å². The van der Waals surface area contributed by atoms with Crippen LogP contribution in [0.5, 0.6) is 0 Å². The van der Waals surface area contributed by atoms with Gasteiger partial charge >= 0.3 is 0 Å². The molecule has 0 aromatic heterocycles. The van der Waals surface area contributed by atoms with Gasteiger partial charge in [-0.2, -0.15) is 0 Å². The highest BCUT2D eigenvalue weighted by Crippen LogP contribution is 2.43. The summed E-state index contributed by atoms with van der Waals surface area (Å²) < 4.78 is 6.14. The fourth-order valence-electron chi connectivity index (χ4n) is 3.87. The quantitative estimate of drug-likeness (QED) is 0.913. The predicted octanol–water partition coefficient (Wildman–Crippen LogP) is 2.96. The summed E-state index contributed by atoms with van der Waals surface area (Å²) in [4.78, 5) is 27.6. The molecule has 5 heteroatoms. The van der Waals surface area contributed by atoms with Gasteiger partial charge in [-0.25, -0.2) is 0 Å². The topological polar surface area (TPSA) is 58.6 Å². The molecule has 2 fully saturated rings. The summed E-state index contributed by atoms with van der Waals surface area (Å²) in [5, 5.41) is 2.93. The molecule has 0 unspecified atom stereocenters. The van der Waals surface area contributed by atoms with E-state index in [0.29, 0.717) is 18.0 Å². The van der Waals surface area contributed by atoms with Crippen LogP contribution < -0.4 is 5.32 Å². The minimum atomic E-state index is -0.631. The number of carbonyl (C=O) groups excluding carboxylic acids is 2. The first-order valence-corrected chi connectivity index (χ1v) is 9.38. The summed E-state index contributed by atoms with van der Waals surface area (Å²) in [5.74, 6) is 0.418. The fraction of sp³-hybridized carbons (Fsp3) is 0.600. The minimum absolute atomic E-state index is 0.107. The molecule has 1 saturated heterocycles. The third-order valence-corrected chi connectivity index (χ3v) is 5.41. The van der Waals surface area contributed by atoms with E-state index in [1.54, 1.807) is 17.0 Å². The molecule has 1 atom stereocenters. The third kappa shape index (κ3) is 3.56. The third-order valence-electron chi connectivity index (χ3n) is 5.41. The van der Waals surface area contributed by atoms with Crippen molar-refractivity contribution in [3.05, 3.63) is 35.9 Å². The van der Waals surface area contributed by atoms with Crippen LogP contribution >= 0.6 is 0 Å². The molecular weight excluding hydrogens is 316 g/mol. The molecule has 5 nitrogen and oxygen atoms in total. The van der Waals surface area contributed by atoms with E-state index in [2.05, 4.69) is 12.2 Å². The first-order valence-electron chi connectivity index (χ1n) is 9.38. The molecule has 1 aromatic rings. The van der Waals surface area contributed by atoms with Crippen LogP contribution in [0.4, 0.5) is 0 Å². The molecule has 25 heavy (non-hydrogen) atoms. The zero-order chi connectivity index (χ0) is 17.9. The molecule has 1 N–H and O–H groups in total. The van der Waals surface area contributed by atoms with E-state index in [4.69, 9.17) is 4.74 Å². The van der Waals surface area contributed by atoms with Crippen LogP contribution in [-0.4, -0.2) is 41.6 Å². The van der Waals surface area contributed by atoms with E-state index in [0.717, 1.165) is 32.1 Å². The Morgan fingerprint density at radius 2 is 1.92 bits per heavy atom. The molecule has 1 heterocycles. The van der Waals surface area contributed by atoms with Gasteiger partial charge in [-0.3, -0.25) is 14.5 Å². The highest BCUT2D eigenvalue weighted by Gasteiger charge is 2.53. The fourth-order valence-corrected chi connectivity index (χ4v) is 3.87. The Balaban J connectivity index is 1.89. The van der Waals surface area contributed by atoms with Gasteiger partial charge in [0.05, 0.1) is 6.61 Å². The van der Waals surface area contributed by atoms with Crippen LogP contribution in [0.15, 0.2) is 30.3 Å². The van der Waals surface area contributed by atoms with Crippen molar-refractivity contribution in [3.8, 4) is 0 Å². The maximum atomic E-state index is 13.3. The Morgan fingerprint density at radius 3 is 2.56 bits per heavy atom. The van der Waals surface area contributed by atoms with Crippen molar-refractivity contribution in [1.29, 1.82) is 0 Å². The first kappa shape index (κ1) is 17.9. The average Bonchev–Trinajstić information content (AvgIpc) is 3.01. The Morgan fingerprint density at radius 1 is 1.24 bits per heavy atom. The number of nitrogens with one attached hydrogen (secondary N) is 1. The number of ether oxygens (including phenoxy) is 1. The Hall–Kier alpha value is -1.88. The lowest BCUT2D eigenvalue weighted by molar-refractivity contribution is -0.127. The van der Waals surface area contributed by atoms with Gasteiger partial charge in [0.15, 0.2) is 0 Å². The highest BCUT2D eigenvalue weighted by molar-refractivity contribution is 5.98. The molecule has 0 radical (unpaired) electrons. The summed E-state index contributed by atoms with van der Waals surface area (Å²) >= 11 is 0. The van der Waals surface area contributed by atoms with E-state index in [1.807, 2.05) is 25.1 Å². The normalized spacial score (nSPS) is 29.0. The monoisotopic (exact) mass is 344 g/mol. The molecule has 1 aliphatic carbocycles. The van der Waals surface area contributed by atoms with E-state index in [1.165, 1.54) is 0 Å². The second-order valence-corrected chi connectivity index (χ2v) is 7.29. The number of carbonyl (C=O) groups is 2. The van der Waals surface area contributed by atoms with E-state index >= 15 is 0 Å². The molecule has 1 spiro atoms. The second kappa shape index (κ2) is 7.56. The van der Waals surface area contributed by atoms with E-state index < -0.39 is 11.8 Å². The summed E-state index contributed by atoms with van der Waals surface area (Å²) in [6, 6.07) is 8.66. The first-order chi connectivity index (χ1) is 12.1. The van der Waals surface area contributed by atoms with Gasteiger partial charge in [0.1, 0.15) is 11.8 Å². The number of hydrogen-bond donors (Lipinski definition) is 1. The molecule has 0 bridgehead atoms. The van der Waals surface area contributed by atoms with Crippen molar-refractivity contribution in [2.24, 2.45) is 5.92 Å². The smallest absolute Gasteiger partial charge is 0.256 e. The van der Waals surface area contributed by atoms with Gasteiger partial charge in [-0.15, -0.1) is 0 Å². The van der Waals surface area contributed by atoms with E-state index in [9.17, 15) is 9.59 Å². The van der Waals surface area contributed by atoms with Crippen molar-refractivity contribution in [1.82, 2.24) is 10.2 Å². The molecule has 1 aliphatic heterocycles. The zero-order valence-electron chi connectivity index (χ0n) is 15.2. The molecule has 2 amide bonds. The second-order valence-electron chi connectivity index (χ2n) is 7.29. The molecule has 2 aliphatic rings. The van der Waals surface area contributed by atoms with Crippen LogP contribution in [-0.2, 0) is 9.53 Å². The summed E-state index contributed by atoms with van der Waals surface area (Å²) in [6.45, 7) is 5.15. The van der Waals surface area contributed by atoms with E-state index in [-0.39, 0.29) is 18.4 Å². The van der Waals surface area contributed by atoms with Crippen molar-refractivity contribution in [2.75, 3.05) is 13.2 Å². The molecule has 136 valence electrons. The van der Waals surface area contributed by atoms with Gasteiger partial charge in [-0.1, -0.05) is 32.0 Å². The number of amides is 2. The lowest BCUT2D eigenvalue weighted by Gasteiger charge is -2.43. The summed E-state index contributed by atoms with van der Waals surface area (Å²) in [7, 11) is 0. The van der Waals surface area contributed by atoms with Gasteiger partial charge in [-0.05, 0) is 50.2 Å². The summed E-state index contributed by atoms with van der Waals surface area (Å²) in [6.07, 6.45) is 4.49. The van der Waals surface area contributed by atoms with Gasteiger partial charge in [0.25, 0.3) is 5.91 Å².